The van der Waals surface area contributed by atoms with E-state index in [-0.39, 0.29) is 19.1 Å². The van der Waals surface area contributed by atoms with Crippen molar-refractivity contribution < 1.29 is 17.9 Å². The van der Waals surface area contributed by atoms with Crippen LogP contribution in [0.5, 0.6) is 5.88 Å². The van der Waals surface area contributed by atoms with Crippen molar-refractivity contribution in [2.24, 2.45) is 0 Å². The molecule has 1 heterocycles. The summed E-state index contributed by atoms with van der Waals surface area (Å²) in [5.74, 6) is -0.177. The van der Waals surface area contributed by atoms with E-state index in [1.165, 1.54) is 6.08 Å². The van der Waals surface area contributed by atoms with Gasteiger partial charge in [-0.15, -0.1) is 5.10 Å². The van der Waals surface area contributed by atoms with Crippen LogP contribution < -0.4 is 9.46 Å². The molecule has 0 aliphatic rings. The lowest BCUT2D eigenvalue weighted by Gasteiger charge is -2.08. The number of hydrogen-bond donors (Lipinski definition) is 1. The molecule has 1 aromatic carbocycles. The third-order valence-electron chi connectivity index (χ3n) is 4.16. The van der Waals surface area contributed by atoms with Crippen LogP contribution in [-0.4, -0.2) is 30.2 Å². The van der Waals surface area contributed by atoms with Gasteiger partial charge >= 0.3 is 0 Å². The fourth-order valence-corrected chi connectivity index (χ4v) is 3.99. The first-order chi connectivity index (χ1) is 14.6. The highest BCUT2D eigenvalue weighted by Gasteiger charge is 2.14. The molecule has 0 radical (unpaired) electrons. The lowest BCUT2D eigenvalue weighted by molar-refractivity contribution is -0.119. The number of unbranched alkanes of at least 4 members (excludes halogenated alkanes) is 2. The topological polar surface area (TPSA) is 90.3 Å². The Kier molecular flexibility index (Phi) is 9.40. The molecule has 0 fully saturated rings. The number of carbonyl (C=O) groups is 1. The predicted octanol–water partition coefficient (Wildman–Crippen LogP) is 5.02. The summed E-state index contributed by atoms with van der Waals surface area (Å²) in [6, 6.07) is 6.74. The second-order valence-corrected chi connectivity index (χ2v) is 9.71. The molecule has 31 heavy (non-hydrogen) atoms. The summed E-state index contributed by atoms with van der Waals surface area (Å²) >= 11 is 12.2. The molecule has 7 nitrogen and oxygen atoms in total. The van der Waals surface area contributed by atoms with Gasteiger partial charge in [0.1, 0.15) is 0 Å². The van der Waals surface area contributed by atoms with E-state index in [1.54, 1.807) is 28.9 Å². The minimum atomic E-state index is -3.94. The largest absolute Gasteiger partial charge is 0.474 e. The normalized spacial score (nSPS) is 11.9. The molecule has 1 N–H and O–H groups in total. The Bertz CT molecular complexity index is 1030. The Morgan fingerprint density at radius 3 is 2.65 bits per heavy atom. The summed E-state index contributed by atoms with van der Waals surface area (Å²) < 4.78 is 33.8. The van der Waals surface area contributed by atoms with E-state index in [9.17, 15) is 13.2 Å². The van der Waals surface area contributed by atoms with Crippen molar-refractivity contribution in [2.45, 2.75) is 59.1 Å². The summed E-state index contributed by atoms with van der Waals surface area (Å²) in [4.78, 5) is 11.9. The number of benzene rings is 1. The lowest BCUT2D eigenvalue weighted by atomic mass is 10.2. The van der Waals surface area contributed by atoms with Gasteiger partial charge < -0.3 is 4.74 Å². The molecular weight excluding hydrogens is 461 g/mol. The molecule has 0 saturated carbocycles. The smallest absolute Gasteiger partial charge is 0.257 e. The van der Waals surface area contributed by atoms with Crippen LogP contribution in [0.25, 0.3) is 6.08 Å². The maximum atomic E-state index is 12.3. The molecule has 170 valence electrons. The van der Waals surface area contributed by atoms with Crippen molar-refractivity contribution in [3.8, 4) is 5.88 Å². The van der Waals surface area contributed by atoms with E-state index in [1.807, 2.05) is 20.8 Å². The van der Waals surface area contributed by atoms with Gasteiger partial charge in [-0.05, 0) is 44.0 Å². The zero-order valence-corrected chi connectivity index (χ0v) is 20.1. The van der Waals surface area contributed by atoms with Gasteiger partial charge in [-0.2, -0.15) is 0 Å². The molecule has 0 spiro atoms. The van der Waals surface area contributed by atoms with Crippen molar-refractivity contribution in [2.75, 3.05) is 0 Å². The monoisotopic (exact) mass is 487 g/mol. The van der Waals surface area contributed by atoms with Crippen LogP contribution in [0.2, 0.25) is 10.0 Å². The highest BCUT2D eigenvalue weighted by atomic mass is 35.5. The Morgan fingerprint density at radius 2 is 2.00 bits per heavy atom. The summed E-state index contributed by atoms with van der Waals surface area (Å²) in [5.41, 5.74) is 1.23. The zero-order valence-electron chi connectivity index (χ0n) is 17.8. The summed E-state index contributed by atoms with van der Waals surface area (Å²) in [6.45, 7) is 6.02. The average Bonchev–Trinajstić information content (AvgIpc) is 3.03. The number of aromatic nitrogens is 2. The lowest BCUT2D eigenvalue weighted by Crippen LogP contribution is -2.28. The second-order valence-electron chi connectivity index (χ2n) is 7.30. The molecule has 10 heteroatoms. The molecule has 1 amide bonds. The van der Waals surface area contributed by atoms with Crippen molar-refractivity contribution in [3.05, 3.63) is 51.0 Å². The fraction of sp³-hybridized carbons (Fsp3) is 0.429. The van der Waals surface area contributed by atoms with E-state index >= 15 is 0 Å². The minimum Gasteiger partial charge on any atom is -0.474 e. The van der Waals surface area contributed by atoms with Crippen LogP contribution in [0, 0.1) is 0 Å². The minimum absolute atomic E-state index is 0.106. The van der Waals surface area contributed by atoms with Crippen molar-refractivity contribution in [3.63, 3.8) is 0 Å². The van der Waals surface area contributed by atoms with E-state index in [2.05, 4.69) is 9.82 Å². The van der Waals surface area contributed by atoms with Crippen LogP contribution >= 0.6 is 23.2 Å². The van der Waals surface area contributed by atoms with Crippen LogP contribution in [-0.2, 0) is 21.4 Å². The molecule has 2 aromatic rings. The summed E-state index contributed by atoms with van der Waals surface area (Å²) in [7, 11) is -3.94. The first-order valence-corrected chi connectivity index (χ1v) is 12.3. The molecule has 0 aliphatic heterocycles. The number of halogens is 2. The first-order valence-electron chi connectivity index (χ1n) is 10.0. The van der Waals surface area contributed by atoms with E-state index < -0.39 is 15.9 Å². The first kappa shape index (κ1) is 25.2. The van der Waals surface area contributed by atoms with Gasteiger partial charge in [0.05, 0.1) is 23.8 Å². The van der Waals surface area contributed by atoms with Crippen LogP contribution in [0.1, 0.15) is 57.7 Å². The van der Waals surface area contributed by atoms with Crippen molar-refractivity contribution >= 4 is 45.2 Å². The third kappa shape index (κ3) is 8.55. The molecule has 0 unspecified atom stereocenters. The number of sulfonamides is 1. The van der Waals surface area contributed by atoms with Gasteiger partial charge in [-0.25, -0.2) is 13.1 Å². The third-order valence-corrected chi connectivity index (χ3v) is 5.76. The Labute approximate surface area is 193 Å². The molecule has 0 saturated heterocycles. The standard InChI is InChI=1S/C21H27Cl2N3O4S/c1-4-5-6-7-20(27)25-31(28,29)11-10-18-13-21(30-15(2)3)24-26(18)14-16-8-9-17(22)12-19(16)23/h8-13,15H,4-7,14H2,1-3H3,(H,25,27)/b11-10+. The van der Waals surface area contributed by atoms with Gasteiger partial charge in [0.15, 0.2) is 0 Å². The number of rotatable bonds is 11. The highest BCUT2D eigenvalue weighted by molar-refractivity contribution is 7.93. The summed E-state index contributed by atoms with van der Waals surface area (Å²) in [6.07, 6.45) is 3.89. The number of amides is 1. The summed E-state index contributed by atoms with van der Waals surface area (Å²) in [5, 5.41) is 6.32. The van der Waals surface area contributed by atoms with Crippen LogP contribution in [0.3, 0.4) is 0 Å². The number of ether oxygens (including phenoxy) is 1. The number of nitrogens with zero attached hydrogens (tertiary/aromatic N) is 2. The number of nitrogens with one attached hydrogen (secondary N) is 1. The highest BCUT2D eigenvalue weighted by Crippen LogP contribution is 2.24. The van der Waals surface area contributed by atoms with Crippen LogP contribution in [0.4, 0.5) is 0 Å². The molecule has 1 aromatic heterocycles. The molecular formula is C21H27Cl2N3O4S. The van der Waals surface area contributed by atoms with E-state index in [0.29, 0.717) is 28.0 Å². The Morgan fingerprint density at radius 1 is 1.26 bits per heavy atom. The zero-order chi connectivity index (χ0) is 23.0. The molecule has 0 atom stereocenters. The second kappa shape index (κ2) is 11.5. The van der Waals surface area contributed by atoms with E-state index in [0.717, 1.165) is 23.8 Å². The maximum Gasteiger partial charge on any atom is 0.257 e. The number of carbonyl (C=O) groups excluding carboxylic acids is 1. The SMILES string of the molecule is CCCCCC(=O)NS(=O)(=O)/C=C/c1cc(OC(C)C)nn1Cc1ccc(Cl)cc1Cl. The fourth-order valence-electron chi connectivity index (χ4n) is 2.72. The van der Waals surface area contributed by atoms with Gasteiger partial charge in [-0.3, -0.25) is 9.48 Å². The Hall–Kier alpha value is -2.03. The van der Waals surface area contributed by atoms with Gasteiger partial charge in [0.25, 0.3) is 10.0 Å². The quantitative estimate of drug-likeness (QED) is 0.449. The van der Waals surface area contributed by atoms with Crippen molar-refractivity contribution in [1.82, 2.24) is 14.5 Å². The maximum absolute atomic E-state index is 12.3. The van der Waals surface area contributed by atoms with E-state index in [4.69, 9.17) is 27.9 Å². The molecule has 0 aliphatic carbocycles. The number of hydrogen-bond acceptors (Lipinski definition) is 5. The van der Waals surface area contributed by atoms with Gasteiger partial charge in [-0.1, -0.05) is 49.0 Å². The average molecular weight is 488 g/mol. The molecule has 2 rings (SSSR count). The predicted molar refractivity (Wildman–Crippen MR) is 124 cm³/mol. The van der Waals surface area contributed by atoms with Crippen LogP contribution in [0.15, 0.2) is 29.7 Å². The van der Waals surface area contributed by atoms with Crippen molar-refractivity contribution in [1.29, 1.82) is 0 Å². The van der Waals surface area contributed by atoms with Gasteiger partial charge in [0.2, 0.25) is 11.8 Å². The van der Waals surface area contributed by atoms with Gasteiger partial charge in [0, 0.05) is 22.5 Å². The Balaban J connectivity index is 2.23. The molecule has 0 bridgehead atoms.